The van der Waals surface area contributed by atoms with Crippen LogP contribution in [0, 0.1) is 6.92 Å². The van der Waals surface area contributed by atoms with Crippen molar-refractivity contribution in [3.63, 3.8) is 0 Å². The average Bonchev–Trinajstić information content (AvgIpc) is 2.96. The summed E-state index contributed by atoms with van der Waals surface area (Å²) in [6, 6.07) is 11.0. The largest absolute Gasteiger partial charge is 0.321 e. The van der Waals surface area contributed by atoms with E-state index in [1.807, 2.05) is 30.5 Å². The number of aromatic nitrogens is 2. The van der Waals surface area contributed by atoms with E-state index in [0.717, 1.165) is 20.9 Å². The fourth-order valence-electron chi connectivity index (χ4n) is 1.93. The molecule has 0 bridgehead atoms. The normalized spacial score (nSPS) is 10.5. The molecule has 3 aromatic rings. The molecule has 0 saturated carbocycles. The molecule has 2 aromatic heterocycles. The first-order valence-corrected chi connectivity index (χ1v) is 8.24. The van der Waals surface area contributed by atoms with Gasteiger partial charge >= 0.3 is 0 Å². The van der Waals surface area contributed by atoms with Crippen molar-refractivity contribution in [1.82, 2.24) is 9.97 Å². The lowest BCUT2D eigenvalue weighted by Crippen LogP contribution is -2.12. The maximum absolute atomic E-state index is 12.3. The highest BCUT2D eigenvalue weighted by molar-refractivity contribution is 9.10. The Hall–Kier alpha value is -2.05. The molecule has 0 atom stereocenters. The number of amides is 1. The summed E-state index contributed by atoms with van der Waals surface area (Å²) in [7, 11) is 0. The number of thiazole rings is 1. The third kappa shape index (κ3) is 3.40. The molecule has 1 amide bonds. The predicted molar refractivity (Wildman–Crippen MR) is 92.2 cm³/mol. The van der Waals surface area contributed by atoms with Crippen molar-refractivity contribution >= 4 is 38.9 Å². The van der Waals surface area contributed by atoms with Crippen molar-refractivity contribution < 1.29 is 4.79 Å². The Morgan fingerprint density at radius 1 is 1.27 bits per heavy atom. The van der Waals surface area contributed by atoms with Crippen LogP contribution in [0.3, 0.4) is 0 Å². The Balaban J connectivity index is 1.82. The number of hydrogen-bond donors (Lipinski definition) is 1. The van der Waals surface area contributed by atoms with Gasteiger partial charge in [-0.1, -0.05) is 12.1 Å². The van der Waals surface area contributed by atoms with Gasteiger partial charge in [-0.25, -0.2) is 9.97 Å². The lowest BCUT2D eigenvalue weighted by molar-refractivity contribution is 0.102. The summed E-state index contributed by atoms with van der Waals surface area (Å²) < 4.78 is 0.728. The zero-order valence-corrected chi connectivity index (χ0v) is 14.1. The maximum atomic E-state index is 12.3. The molecule has 0 fully saturated rings. The lowest BCUT2D eigenvalue weighted by atomic mass is 10.1. The van der Waals surface area contributed by atoms with Crippen LogP contribution < -0.4 is 5.32 Å². The molecule has 0 saturated heterocycles. The Morgan fingerprint density at radius 3 is 2.82 bits per heavy atom. The molecule has 4 nitrogen and oxygen atoms in total. The third-order valence-electron chi connectivity index (χ3n) is 2.98. The van der Waals surface area contributed by atoms with E-state index in [1.54, 1.807) is 35.7 Å². The topological polar surface area (TPSA) is 54.9 Å². The average molecular weight is 374 g/mol. The number of rotatable bonds is 3. The molecule has 0 radical (unpaired) electrons. The van der Waals surface area contributed by atoms with E-state index in [2.05, 4.69) is 31.2 Å². The van der Waals surface area contributed by atoms with Crippen molar-refractivity contribution in [1.29, 1.82) is 0 Å². The highest BCUT2D eigenvalue weighted by atomic mass is 79.9. The van der Waals surface area contributed by atoms with Gasteiger partial charge in [-0.3, -0.25) is 4.79 Å². The second-order valence-corrected chi connectivity index (χ2v) is 6.37. The molecule has 0 aliphatic heterocycles. The Kier molecular flexibility index (Phi) is 4.31. The fraction of sp³-hybridized carbons (Fsp3) is 0.0625. The number of carbonyl (C=O) groups excluding carboxylic acids is 1. The molecule has 22 heavy (non-hydrogen) atoms. The SMILES string of the molecule is Cc1csc(-c2cccc(C(=O)Nc3ccc(Br)nc3)c2)n1. The van der Waals surface area contributed by atoms with E-state index >= 15 is 0 Å². The van der Waals surface area contributed by atoms with Crippen molar-refractivity contribution in [3.8, 4) is 10.6 Å². The number of nitrogens with one attached hydrogen (secondary N) is 1. The molecule has 0 aliphatic rings. The van der Waals surface area contributed by atoms with Crippen molar-refractivity contribution in [2.24, 2.45) is 0 Å². The summed E-state index contributed by atoms with van der Waals surface area (Å²) in [5.41, 5.74) is 3.17. The molecule has 0 aliphatic carbocycles. The van der Waals surface area contributed by atoms with Crippen molar-refractivity contribution in [2.75, 3.05) is 5.32 Å². The quantitative estimate of drug-likeness (QED) is 0.686. The summed E-state index contributed by atoms with van der Waals surface area (Å²) >= 11 is 4.83. The minimum atomic E-state index is -0.167. The van der Waals surface area contributed by atoms with Crippen LogP contribution in [-0.2, 0) is 0 Å². The second-order valence-electron chi connectivity index (χ2n) is 4.70. The number of halogens is 1. The zero-order chi connectivity index (χ0) is 15.5. The van der Waals surface area contributed by atoms with Crippen LogP contribution >= 0.6 is 27.3 Å². The van der Waals surface area contributed by atoms with Gasteiger partial charge in [0.05, 0.1) is 11.9 Å². The molecule has 0 unspecified atom stereocenters. The number of hydrogen-bond acceptors (Lipinski definition) is 4. The maximum Gasteiger partial charge on any atom is 0.255 e. The van der Waals surface area contributed by atoms with E-state index in [0.29, 0.717) is 11.3 Å². The van der Waals surface area contributed by atoms with Gasteiger partial charge < -0.3 is 5.32 Å². The summed E-state index contributed by atoms with van der Waals surface area (Å²) in [6.07, 6.45) is 1.61. The summed E-state index contributed by atoms with van der Waals surface area (Å²) in [6.45, 7) is 1.96. The first-order valence-electron chi connectivity index (χ1n) is 6.57. The number of carbonyl (C=O) groups is 1. The first kappa shape index (κ1) is 14.9. The molecule has 6 heteroatoms. The number of nitrogens with zero attached hydrogens (tertiary/aromatic N) is 2. The van der Waals surface area contributed by atoms with Crippen LogP contribution in [0.2, 0.25) is 0 Å². The summed E-state index contributed by atoms with van der Waals surface area (Å²) in [4.78, 5) is 20.9. The Bertz CT molecular complexity index is 814. The predicted octanol–water partition coefficient (Wildman–Crippen LogP) is 4.53. The molecule has 1 N–H and O–H groups in total. The smallest absolute Gasteiger partial charge is 0.255 e. The van der Waals surface area contributed by atoms with Crippen LogP contribution in [0.4, 0.5) is 5.69 Å². The first-order chi connectivity index (χ1) is 10.6. The minimum Gasteiger partial charge on any atom is -0.321 e. The van der Waals surface area contributed by atoms with Gasteiger partial charge in [0.25, 0.3) is 5.91 Å². The molecule has 1 aromatic carbocycles. The molecule has 3 rings (SSSR count). The van der Waals surface area contributed by atoms with E-state index < -0.39 is 0 Å². The molecular weight excluding hydrogens is 362 g/mol. The molecule has 110 valence electrons. The summed E-state index contributed by atoms with van der Waals surface area (Å²) in [5, 5.41) is 5.74. The molecule has 0 spiro atoms. The van der Waals surface area contributed by atoms with Crippen molar-refractivity contribution in [3.05, 3.63) is 63.8 Å². The zero-order valence-electron chi connectivity index (χ0n) is 11.7. The van der Waals surface area contributed by atoms with Gasteiger partial charge in [0, 0.05) is 22.2 Å². The van der Waals surface area contributed by atoms with Gasteiger partial charge in [-0.05, 0) is 47.1 Å². The minimum absolute atomic E-state index is 0.167. The van der Waals surface area contributed by atoms with E-state index in [-0.39, 0.29) is 5.91 Å². The summed E-state index contributed by atoms with van der Waals surface area (Å²) in [5.74, 6) is -0.167. The van der Waals surface area contributed by atoms with Gasteiger partial charge in [-0.2, -0.15) is 0 Å². The fourth-order valence-corrected chi connectivity index (χ4v) is 2.96. The van der Waals surface area contributed by atoms with E-state index in [4.69, 9.17) is 0 Å². The van der Waals surface area contributed by atoms with E-state index in [1.165, 1.54) is 0 Å². The van der Waals surface area contributed by atoms with E-state index in [9.17, 15) is 4.79 Å². The van der Waals surface area contributed by atoms with Crippen LogP contribution in [-0.4, -0.2) is 15.9 Å². The number of anilines is 1. The van der Waals surface area contributed by atoms with Gasteiger partial charge in [-0.15, -0.1) is 11.3 Å². The highest BCUT2D eigenvalue weighted by Gasteiger charge is 2.09. The van der Waals surface area contributed by atoms with Gasteiger partial charge in [0.15, 0.2) is 0 Å². The third-order valence-corrected chi connectivity index (χ3v) is 4.45. The Labute approximate surface area is 140 Å². The second kappa shape index (κ2) is 6.37. The van der Waals surface area contributed by atoms with Crippen LogP contribution in [0.1, 0.15) is 16.1 Å². The number of benzene rings is 1. The van der Waals surface area contributed by atoms with Crippen LogP contribution in [0.25, 0.3) is 10.6 Å². The monoisotopic (exact) mass is 373 g/mol. The number of pyridine rings is 1. The Morgan fingerprint density at radius 2 is 2.14 bits per heavy atom. The molecule has 2 heterocycles. The number of aryl methyl sites for hydroxylation is 1. The molecular formula is C16H12BrN3OS. The van der Waals surface area contributed by atoms with Gasteiger partial charge in [0.2, 0.25) is 0 Å². The standard InChI is InChI=1S/C16H12BrN3OS/c1-10-9-22-16(19-10)12-4-2-3-11(7-12)15(21)20-13-5-6-14(17)18-8-13/h2-9H,1H3,(H,20,21). The van der Waals surface area contributed by atoms with Crippen LogP contribution in [0.5, 0.6) is 0 Å². The highest BCUT2D eigenvalue weighted by Crippen LogP contribution is 2.24. The van der Waals surface area contributed by atoms with Crippen LogP contribution in [0.15, 0.2) is 52.6 Å². The van der Waals surface area contributed by atoms with Crippen molar-refractivity contribution in [2.45, 2.75) is 6.92 Å². The lowest BCUT2D eigenvalue weighted by Gasteiger charge is -2.06. The van der Waals surface area contributed by atoms with Gasteiger partial charge in [0.1, 0.15) is 9.61 Å².